The molecule has 0 atom stereocenters. The molecule has 2 aromatic heterocycles. The van der Waals surface area contributed by atoms with Crippen molar-refractivity contribution < 1.29 is 13.9 Å². The summed E-state index contributed by atoms with van der Waals surface area (Å²) in [6.07, 6.45) is 3.43. The SMILES string of the molecule is COc1ccc(Cn2cc(-c3cc(F)nc(SC)n3)ccc2=O)cc1OC. The maximum absolute atomic E-state index is 13.7. The zero-order valence-corrected chi connectivity index (χ0v) is 15.9. The molecule has 0 aliphatic heterocycles. The first-order valence-electron chi connectivity index (χ1n) is 8.04. The predicted octanol–water partition coefficient (Wildman–Crippen LogP) is 3.23. The Balaban J connectivity index is 1.97. The number of hydrogen-bond acceptors (Lipinski definition) is 6. The lowest BCUT2D eigenvalue weighted by Gasteiger charge is -2.12. The first-order chi connectivity index (χ1) is 13.0. The van der Waals surface area contributed by atoms with E-state index in [4.69, 9.17) is 9.47 Å². The van der Waals surface area contributed by atoms with Crippen LogP contribution in [0.25, 0.3) is 11.3 Å². The van der Waals surface area contributed by atoms with Crippen LogP contribution in [0.5, 0.6) is 11.5 Å². The van der Waals surface area contributed by atoms with E-state index < -0.39 is 5.95 Å². The summed E-state index contributed by atoms with van der Waals surface area (Å²) in [4.78, 5) is 20.3. The van der Waals surface area contributed by atoms with Gasteiger partial charge in [0.1, 0.15) is 0 Å². The van der Waals surface area contributed by atoms with E-state index in [-0.39, 0.29) is 5.56 Å². The van der Waals surface area contributed by atoms with Crippen molar-refractivity contribution in [2.75, 3.05) is 20.5 Å². The number of benzene rings is 1. The molecule has 0 aliphatic carbocycles. The minimum absolute atomic E-state index is 0.173. The third-order valence-electron chi connectivity index (χ3n) is 3.94. The van der Waals surface area contributed by atoms with Crippen LogP contribution in [0.4, 0.5) is 4.39 Å². The van der Waals surface area contributed by atoms with Crippen LogP contribution in [0.15, 0.2) is 52.5 Å². The van der Waals surface area contributed by atoms with Crippen molar-refractivity contribution in [1.82, 2.24) is 14.5 Å². The molecule has 0 fully saturated rings. The lowest BCUT2D eigenvalue weighted by Crippen LogP contribution is -2.19. The molecule has 0 unspecified atom stereocenters. The van der Waals surface area contributed by atoms with Crippen molar-refractivity contribution in [1.29, 1.82) is 0 Å². The molecule has 6 nitrogen and oxygen atoms in total. The summed E-state index contributed by atoms with van der Waals surface area (Å²) in [5, 5.41) is 0.336. The van der Waals surface area contributed by atoms with E-state index >= 15 is 0 Å². The van der Waals surface area contributed by atoms with E-state index in [1.165, 1.54) is 28.5 Å². The molecule has 0 aliphatic rings. The second-order valence-corrected chi connectivity index (χ2v) is 6.41. The largest absolute Gasteiger partial charge is 0.493 e. The van der Waals surface area contributed by atoms with Crippen LogP contribution in [0, 0.1) is 5.95 Å². The number of methoxy groups -OCH3 is 2. The maximum Gasteiger partial charge on any atom is 0.250 e. The zero-order chi connectivity index (χ0) is 19.4. The van der Waals surface area contributed by atoms with Crippen LogP contribution < -0.4 is 15.0 Å². The molecule has 3 aromatic rings. The number of ether oxygens (including phenoxy) is 2. The Kier molecular flexibility index (Phi) is 5.75. The van der Waals surface area contributed by atoms with E-state index in [1.54, 1.807) is 38.8 Å². The zero-order valence-electron chi connectivity index (χ0n) is 15.1. The van der Waals surface area contributed by atoms with Crippen LogP contribution in [0.2, 0.25) is 0 Å². The molecule has 3 rings (SSSR count). The number of pyridine rings is 1. The van der Waals surface area contributed by atoms with Gasteiger partial charge in [-0.05, 0) is 30.0 Å². The molecule has 140 valence electrons. The van der Waals surface area contributed by atoms with Gasteiger partial charge < -0.3 is 14.0 Å². The fourth-order valence-electron chi connectivity index (χ4n) is 2.62. The molecule has 0 saturated heterocycles. The Morgan fingerprint density at radius 1 is 1.07 bits per heavy atom. The van der Waals surface area contributed by atoms with E-state index in [1.807, 2.05) is 12.1 Å². The highest BCUT2D eigenvalue weighted by molar-refractivity contribution is 7.98. The highest BCUT2D eigenvalue weighted by atomic mass is 32.2. The fourth-order valence-corrected chi connectivity index (χ4v) is 2.99. The molecule has 8 heteroatoms. The second kappa shape index (κ2) is 8.22. The molecule has 0 bridgehead atoms. The normalized spacial score (nSPS) is 10.7. The van der Waals surface area contributed by atoms with Crippen LogP contribution in [0.1, 0.15) is 5.56 Å². The average molecular weight is 387 g/mol. The molecule has 2 heterocycles. The Labute approximate surface area is 160 Å². The van der Waals surface area contributed by atoms with E-state index in [9.17, 15) is 9.18 Å². The number of nitrogens with zero attached hydrogens (tertiary/aromatic N) is 3. The molecular weight excluding hydrogens is 369 g/mol. The monoisotopic (exact) mass is 387 g/mol. The van der Waals surface area contributed by atoms with Crippen LogP contribution in [0.3, 0.4) is 0 Å². The van der Waals surface area contributed by atoms with Crippen LogP contribution in [-0.4, -0.2) is 35.0 Å². The van der Waals surface area contributed by atoms with Gasteiger partial charge in [0.15, 0.2) is 16.7 Å². The number of halogens is 1. The summed E-state index contributed by atoms with van der Waals surface area (Å²) >= 11 is 1.25. The van der Waals surface area contributed by atoms with Crippen molar-refractivity contribution in [2.24, 2.45) is 0 Å². The van der Waals surface area contributed by atoms with E-state index in [0.29, 0.717) is 34.5 Å². The first kappa shape index (κ1) is 18.9. The standard InChI is InChI=1S/C19H18FN3O3S/c1-25-15-6-4-12(8-16(15)26-2)10-23-11-13(5-7-18(23)24)14-9-17(20)22-19(21-14)27-3/h4-9,11H,10H2,1-3H3. The van der Waals surface area contributed by atoms with Crippen molar-refractivity contribution in [3.63, 3.8) is 0 Å². The molecule has 0 spiro atoms. The molecule has 0 saturated carbocycles. The van der Waals surface area contributed by atoms with Gasteiger partial charge >= 0.3 is 0 Å². The lowest BCUT2D eigenvalue weighted by atomic mass is 10.1. The molecule has 0 amide bonds. The van der Waals surface area contributed by atoms with Gasteiger partial charge in [-0.15, -0.1) is 0 Å². The molecule has 0 N–H and O–H groups in total. The molecular formula is C19H18FN3O3S. The van der Waals surface area contributed by atoms with Crippen LogP contribution in [-0.2, 0) is 6.54 Å². The van der Waals surface area contributed by atoms with E-state index in [0.717, 1.165) is 5.56 Å². The van der Waals surface area contributed by atoms with Crippen molar-refractivity contribution in [3.05, 3.63) is 64.5 Å². The minimum Gasteiger partial charge on any atom is -0.493 e. The van der Waals surface area contributed by atoms with Crippen molar-refractivity contribution in [3.8, 4) is 22.8 Å². The number of thioether (sulfide) groups is 1. The van der Waals surface area contributed by atoms with E-state index in [2.05, 4.69) is 9.97 Å². The summed E-state index contributed by atoms with van der Waals surface area (Å²) in [5.74, 6) is 0.590. The maximum atomic E-state index is 13.7. The van der Waals surface area contributed by atoms with Gasteiger partial charge in [-0.2, -0.15) is 9.37 Å². The third-order valence-corrected chi connectivity index (χ3v) is 4.48. The Morgan fingerprint density at radius 3 is 2.56 bits per heavy atom. The van der Waals surface area contributed by atoms with Crippen molar-refractivity contribution in [2.45, 2.75) is 11.7 Å². The van der Waals surface area contributed by atoms with Crippen LogP contribution >= 0.6 is 11.8 Å². The van der Waals surface area contributed by atoms with Gasteiger partial charge in [-0.25, -0.2) is 4.98 Å². The van der Waals surface area contributed by atoms with Gasteiger partial charge in [0.25, 0.3) is 5.56 Å². The molecule has 0 radical (unpaired) electrons. The topological polar surface area (TPSA) is 66.2 Å². The average Bonchev–Trinajstić information content (AvgIpc) is 2.68. The highest BCUT2D eigenvalue weighted by Gasteiger charge is 2.10. The summed E-state index contributed by atoms with van der Waals surface area (Å²) < 4.78 is 25.8. The van der Waals surface area contributed by atoms with Gasteiger partial charge in [-0.1, -0.05) is 17.8 Å². The van der Waals surface area contributed by atoms with Gasteiger partial charge in [-0.3, -0.25) is 4.79 Å². The highest BCUT2D eigenvalue weighted by Crippen LogP contribution is 2.28. The number of rotatable bonds is 6. The Morgan fingerprint density at radius 2 is 1.85 bits per heavy atom. The molecule has 27 heavy (non-hydrogen) atoms. The number of hydrogen-bond donors (Lipinski definition) is 0. The first-order valence-corrected chi connectivity index (χ1v) is 9.27. The minimum atomic E-state index is -0.609. The summed E-state index contributed by atoms with van der Waals surface area (Å²) in [6, 6.07) is 9.77. The van der Waals surface area contributed by atoms with Gasteiger partial charge in [0.05, 0.1) is 26.5 Å². The Bertz CT molecular complexity index is 1020. The fraction of sp³-hybridized carbons (Fsp3) is 0.211. The van der Waals surface area contributed by atoms with Gasteiger partial charge in [0, 0.05) is 23.9 Å². The quantitative estimate of drug-likeness (QED) is 0.368. The van der Waals surface area contributed by atoms with Gasteiger partial charge in [0.2, 0.25) is 5.95 Å². The Hall–Kier alpha value is -2.87. The van der Waals surface area contributed by atoms with Crippen molar-refractivity contribution >= 4 is 11.8 Å². The molecule has 1 aromatic carbocycles. The third kappa shape index (κ3) is 4.28. The summed E-state index contributed by atoms with van der Waals surface area (Å²) in [7, 11) is 3.12. The number of aromatic nitrogens is 3. The lowest BCUT2D eigenvalue weighted by molar-refractivity contribution is 0.354. The summed E-state index contributed by atoms with van der Waals surface area (Å²) in [5.41, 5.74) is 1.75. The predicted molar refractivity (Wildman–Crippen MR) is 102 cm³/mol. The second-order valence-electron chi connectivity index (χ2n) is 5.64. The smallest absolute Gasteiger partial charge is 0.250 e. The summed E-state index contributed by atoms with van der Waals surface area (Å²) in [6.45, 7) is 0.329.